The van der Waals surface area contributed by atoms with Gasteiger partial charge in [-0.15, -0.1) is 0 Å². The second-order valence-corrected chi connectivity index (χ2v) is 21.0. The minimum absolute atomic E-state index is 1.27. The second-order valence-electron chi connectivity index (χ2n) is 21.0. The molecule has 0 saturated carbocycles. The summed E-state index contributed by atoms with van der Waals surface area (Å²) in [5, 5.41) is 2.59. The SMILES string of the molecule is CCCCCCCCCCCCCCCCCC[NH2+]CCCCCCCCCCCCCCCCCC.Cc1ccc([B-](c2ccc(C)cc2)(c2ccc(C)cc2)c2ccc(C)cc2)cc1. The van der Waals surface area contributed by atoms with Gasteiger partial charge in [0, 0.05) is 0 Å². The summed E-state index contributed by atoms with van der Waals surface area (Å²) in [6.07, 6.45) is 45.8. The maximum atomic E-state index is 2.59. The van der Waals surface area contributed by atoms with Gasteiger partial charge in [0.15, 0.2) is 0 Å². The number of hydrogen-bond acceptors (Lipinski definition) is 0. The van der Waals surface area contributed by atoms with Gasteiger partial charge in [-0.2, -0.15) is 21.9 Å². The summed E-state index contributed by atoms with van der Waals surface area (Å²) in [5.41, 5.74) is 10.6. The van der Waals surface area contributed by atoms with Gasteiger partial charge in [-0.25, -0.2) is 0 Å². The molecule has 4 aromatic rings. The predicted molar refractivity (Wildman–Crippen MR) is 300 cm³/mol. The molecule has 2 heteroatoms. The van der Waals surface area contributed by atoms with Crippen molar-refractivity contribution in [1.29, 1.82) is 0 Å². The van der Waals surface area contributed by atoms with E-state index in [4.69, 9.17) is 0 Å². The van der Waals surface area contributed by atoms with Crippen LogP contribution in [-0.4, -0.2) is 19.2 Å². The maximum absolute atomic E-state index is 2.59. The summed E-state index contributed by atoms with van der Waals surface area (Å²) >= 11 is 0. The van der Waals surface area contributed by atoms with Crippen molar-refractivity contribution < 1.29 is 5.32 Å². The van der Waals surface area contributed by atoms with E-state index in [0.717, 1.165) is 0 Å². The number of nitrogens with two attached hydrogens (primary N) is 1. The molecule has 0 amide bonds. The highest BCUT2D eigenvalue weighted by atomic mass is 14.8. The van der Waals surface area contributed by atoms with E-state index < -0.39 is 6.15 Å². The summed E-state index contributed by atoms with van der Waals surface area (Å²) in [7, 11) is 0. The molecule has 0 aliphatic heterocycles. The molecule has 0 unspecified atom stereocenters. The first kappa shape index (κ1) is 57.2. The predicted octanol–water partition coefficient (Wildman–Crippen LogP) is 16.4. The smallest absolute Gasteiger partial charge is 0.108 e. The Hall–Kier alpha value is -3.10. The van der Waals surface area contributed by atoms with Gasteiger partial charge in [0.05, 0.1) is 13.1 Å². The fourth-order valence-corrected chi connectivity index (χ4v) is 10.4. The lowest BCUT2D eigenvalue weighted by Gasteiger charge is -2.44. The van der Waals surface area contributed by atoms with E-state index in [1.165, 1.54) is 263 Å². The molecule has 0 bridgehead atoms. The van der Waals surface area contributed by atoms with Crippen LogP contribution in [-0.2, 0) is 0 Å². The van der Waals surface area contributed by atoms with Crippen LogP contribution in [0.15, 0.2) is 97.1 Å². The molecule has 1 nitrogen and oxygen atoms in total. The highest BCUT2D eigenvalue weighted by Crippen LogP contribution is 2.16. The van der Waals surface area contributed by atoms with Crippen LogP contribution in [0.25, 0.3) is 0 Å². The Morgan fingerprint density at radius 3 is 0.591 bits per heavy atom. The van der Waals surface area contributed by atoms with E-state index in [0.29, 0.717) is 0 Å². The Bertz CT molecular complexity index is 1450. The van der Waals surface area contributed by atoms with Crippen LogP contribution in [0.3, 0.4) is 0 Å². The summed E-state index contributed by atoms with van der Waals surface area (Å²) in [6.45, 7) is 16.0. The molecule has 0 fully saturated rings. The van der Waals surface area contributed by atoms with Gasteiger partial charge in [-0.1, -0.05) is 313 Å². The quantitative estimate of drug-likeness (QED) is 0.0341. The molecule has 4 rings (SSSR count). The first-order chi connectivity index (χ1) is 32.4. The Morgan fingerprint density at radius 2 is 0.409 bits per heavy atom. The molecule has 2 N–H and O–H groups in total. The standard InChI is InChI=1S/C36H75N.C28H28B/c1-3-5-7-9-11-13-15-17-19-21-23-25-27-29-31-33-35-37-36-34-32-30-28-26-24-22-20-18-16-14-12-10-8-6-4-2;1-21-5-13-25(14-6-21)29(26-15-7-22(2)8-16-26,27-17-9-23(3)10-18-27)28-19-11-24(4)12-20-28/h37H,3-36H2,1-2H3;5-20H,1-4H3/q;-1/p+1. The molecular weight excluding hydrogens is 794 g/mol. The van der Waals surface area contributed by atoms with Crippen molar-refractivity contribution in [2.24, 2.45) is 0 Å². The second kappa shape index (κ2) is 37.8. The zero-order valence-electron chi connectivity index (χ0n) is 44.4. The molecule has 0 saturated heterocycles. The minimum Gasteiger partial charge on any atom is -0.346 e. The van der Waals surface area contributed by atoms with Crippen LogP contribution in [0.4, 0.5) is 0 Å². The lowest BCUT2D eigenvalue weighted by molar-refractivity contribution is -0.655. The van der Waals surface area contributed by atoms with Crippen molar-refractivity contribution in [3.63, 3.8) is 0 Å². The Morgan fingerprint density at radius 1 is 0.242 bits per heavy atom. The molecular formula is C64H104BN. The summed E-state index contributed by atoms with van der Waals surface area (Å²) in [6, 6.07) is 36.4. The molecule has 4 aromatic carbocycles. The fourth-order valence-electron chi connectivity index (χ4n) is 10.4. The lowest BCUT2D eigenvalue weighted by atomic mass is 9.13. The highest BCUT2D eigenvalue weighted by Gasteiger charge is 2.31. The molecule has 0 radical (unpaired) electrons. The molecule has 0 aliphatic rings. The van der Waals surface area contributed by atoms with Gasteiger partial charge >= 0.3 is 0 Å². The molecule has 0 spiro atoms. The van der Waals surface area contributed by atoms with Gasteiger partial charge < -0.3 is 5.32 Å². The number of aryl methyl sites for hydroxylation is 4. The Kier molecular flexibility index (Phi) is 32.8. The average molecular weight is 898 g/mol. The van der Waals surface area contributed by atoms with Crippen LogP contribution >= 0.6 is 0 Å². The molecule has 368 valence electrons. The molecule has 0 heterocycles. The molecule has 0 atom stereocenters. The largest absolute Gasteiger partial charge is 0.346 e. The van der Waals surface area contributed by atoms with Crippen molar-refractivity contribution in [2.45, 2.75) is 247 Å². The van der Waals surface area contributed by atoms with Crippen LogP contribution in [0.5, 0.6) is 0 Å². The monoisotopic (exact) mass is 898 g/mol. The van der Waals surface area contributed by atoms with E-state index in [2.05, 4.69) is 144 Å². The number of rotatable bonds is 38. The molecule has 0 aromatic heterocycles. The summed E-state index contributed by atoms with van der Waals surface area (Å²) in [4.78, 5) is 0. The Balaban J connectivity index is 0.000000358. The normalized spacial score (nSPS) is 11.5. The first-order valence-corrected chi connectivity index (χ1v) is 28.7. The first-order valence-electron chi connectivity index (χ1n) is 28.7. The van der Waals surface area contributed by atoms with E-state index in [1.54, 1.807) is 0 Å². The average Bonchev–Trinajstić information content (AvgIpc) is 3.33. The van der Waals surface area contributed by atoms with Gasteiger partial charge in [-0.3, -0.25) is 0 Å². The molecule has 0 aliphatic carbocycles. The lowest BCUT2D eigenvalue weighted by Crippen LogP contribution is -2.84. The van der Waals surface area contributed by atoms with Crippen LogP contribution in [0.1, 0.15) is 242 Å². The van der Waals surface area contributed by atoms with Gasteiger partial charge in [0.25, 0.3) is 0 Å². The summed E-state index contributed by atoms with van der Waals surface area (Å²) in [5.74, 6) is 0. The minimum atomic E-state index is -1.27. The Labute approximate surface area is 410 Å². The zero-order chi connectivity index (χ0) is 47.2. The van der Waals surface area contributed by atoms with Crippen molar-refractivity contribution in [3.05, 3.63) is 119 Å². The van der Waals surface area contributed by atoms with Crippen LogP contribution < -0.4 is 27.2 Å². The highest BCUT2D eigenvalue weighted by molar-refractivity contribution is 7.19. The molecule has 66 heavy (non-hydrogen) atoms. The summed E-state index contributed by atoms with van der Waals surface area (Å²) < 4.78 is 0. The maximum Gasteiger partial charge on any atom is 0.108 e. The number of hydrogen-bond donors (Lipinski definition) is 1. The fraction of sp³-hybridized carbons (Fsp3) is 0.625. The van der Waals surface area contributed by atoms with Gasteiger partial charge in [-0.05, 0) is 53.4 Å². The van der Waals surface area contributed by atoms with Crippen molar-refractivity contribution in [3.8, 4) is 0 Å². The van der Waals surface area contributed by atoms with Crippen molar-refractivity contribution in [1.82, 2.24) is 0 Å². The van der Waals surface area contributed by atoms with E-state index in [9.17, 15) is 0 Å². The zero-order valence-corrected chi connectivity index (χ0v) is 44.4. The van der Waals surface area contributed by atoms with Crippen molar-refractivity contribution in [2.75, 3.05) is 13.1 Å². The van der Waals surface area contributed by atoms with E-state index in [1.807, 2.05) is 0 Å². The van der Waals surface area contributed by atoms with E-state index in [-0.39, 0.29) is 0 Å². The van der Waals surface area contributed by atoms with E-state index >= 15 is 0 Å². The third-order valence-electron chi connectivity index (χ3n) is 14.8. The number of unbranched alkanes of at least 4 members (excludes halogenated alkanes) is 30. The van der Waals surface area contributed by atoms with Crippen molar-refractivity contribution >= 4 is 28.0 Å². The number of benzene rings is 4. The van der Waals surface area contributed by atoms with Crippen LogP contribution in [0, 0.1) is 27.7 Å². The number of quaternary nitrogens is 1. The van der Waals surface area contributed by atoms with Crippen LogP contribution in [0.2, 0.25) is 0 Å². The third-order valence-corrected chi connectivity index (χ3v) is 14.8. The third kappa shape index (κ3) is 24.3. The van der Waals surface area contributed by atoms with Gasteiger partial charge in [0.2, 0.25) is 0 Å². The van der Waals surface area contributed by atoms with Gasteiger partial charge in [0.1, 0.15) is 6.15 Å². The topological polar surface area (TPSA) is 16.6 Å².